The van der Waals surface area contributed by atoms with E-state index in [1.807, 2.05) is 24.3 Å². The second-order valence-corrected chi connectivity index (χ2v) is 5.85. The molecule has 0 aliphatic rings. The highest BCUT2D eigenvalue weighted by molar-refractivity contribution is 9.10. The smallest absolute Gasteiger partial charge is 0.0487 e. The number of anilines is 1. The van der Waals surface area contributed by atoms with Gasteiger partial charge in [-0.2, -0.15) is 0 Å². The maximum Gasteiger partial charge on any atom is 0.0487 e. The van der Waals surface area contributed by atoms with Crippen LogP contribution in [0.3, 0.4) is 0 Å². The molecule has 1 atom stereocenters. The van der Waals surface area contributed by atoms with Gasteiger partial charge in [0.15, 0.2) is 0 Å². The van der Waals surface area contributed by atoms with Crippen LogP contribution in [0.25, 0.3) is 0 Å². The topological polar surface area (TPSA) is 12.0 Å². The monoisotopic (exact) mass is 337 g/mol. The summed E-state index contributed by atoms with van der Waals surface area (Å²) in [6.45, 7) is 2.20. The van der Waals surface area contributed by atoms with Gasteiger partial charge < -0.3 is 5.32 Å². The van der Waals surface area contributed by atoms with Crippen LogP contribution in [-0.2, 0) is 6.42 Å². The fourth-order valence-corrected chi connectivity index (χ4v) is 2.82. The molecule has 2 aromatic carbocycles. The van der Waals surface area contributed by atoms with E-state index in [9.17, 15) is 0 Å². The van der Waals surface area contributed by atoms with Gasteiger partial charge in [0, 0.05) is 21.2 Å². The summed E-state index contributed by atoms with van der Waals surface area (Å²) < 4.78 is 1.01. The van der Waals surface area contributed by atoms with E-state index in [-0.39, 0.29) is 0 Å². The van der Waals surface area contributed by atoms with Crippen LogP contribution in [0.2, 0.25) is 5.02 Å². The number of nitrogens with one attached hydrogen (secondary N) is 1. The molecule has 0 aliphatic carbocycles. The zero-order valence-corrected chi connectivity index (χ0v) is 13.2. The van der Waals surface area contributed by atoms with Crippen molar-refractivity contribution in [1.29, 1.82) is 0 Å². The van der Waals surface area contributed by atoms with E-state index >= 15 is 0 Å². The second kappa shape index (κ2) is 6.97. The lowest BCUT2D eigenvalue weighted by Gasteiger charge is -2.19. The normalized spacial score (nSPS) is 12.2. The Morgan fingerprint density at radius 1 is 1.16 bits per heavy atom. The van der Waals surface area contributed by atoms with Crippen molar-refractivity contribution in [2.75, 3.05) is 5.32 Å². The third kappa shape index (κ3) is 4.26. The zero-order chi connectivity index (χ0) is 13.7. The Labute approximate surface area is 128 Å². The highest BCUT2D eigenvalue weighted by Crippen LogP contribution is 2.27. The Hall–Kier alpha value is -0.990. The average molecular weight is 339 g/mol. The Balaban J connectivity index is 2.06. The third-order valence-corrected chi connectivity index (χ3v) is 4.00. The summed E-state index contributed by atoms with van der Waals surface area (Å²) in [6, 6.07) is 16.8. The van der Waals surface area contributed by atoms with Gasteiger partial charge in [-0.25, -0.2) is 0 Å². The molecule has 2 rings (SSSR count). The largest absolute Gasteiger partial charge is 0.381 e. The standard InChI is InChI=1S/C16H17BrClN/c1-2-14(10-12-6-4-3-5-7-12)19-16-9-8-13(18)11-15(16)17/h3-9,11,14,19H,2,10H2,1H3. The second-order valence-electron chi connectivity index (χ2n) is 4.56. The van der Waals surface area contributed by atoms with Crippen molar-refractivity contribution in [3.63, 3.8) is 0 Å². The molecule has 0 radical (unpaired) electrons. The summed E-state index contributed by atoms with van der Waals surface area (Å²) in [5.41, 5.74) is 2.44. The van der Waals surface area contributed by atoms with Crippen molar-refractivity contribution in [3.8, 4) is 0 Å². The molecule has 19 heavy (non-hydrogen) atoms. The van der Waals surface area contributed by atoms with Gasteiger partial charge in [-0.15, -0.1) is 0 Å². The molecular weight excluding hydrogens is 322 g/mol. The number of hydrogen-bond donors (Lipinski definition) is 1. The van der Waals surface area contributed by atoms with Gasteiger partial charge in [-0.1, -0.05) is 48.9 Å². The molecule has 0 bridgehead atoms. The fraction of sp³-hybridized carbons (Fsp3) is 0.250. The molecule has 0 fully saturated rings. The van der Waals surface area contributed by atoms with Gasteiger partial charge in [-0.3, -0.25) is 0 Å². The minimum absolute atomic E-state index is 0.417. The van der Waals surface area contributed by atoms with E-state index in [0.29, 0.717) is 6.04 Å². The van der Waals surface area contributed by atoms with E-state index < -0.39 is 0 Å². The maximum atomic E-state index is 5.96. The number of halogens is 2. The van der Waals surface area contributed by atoms with E-state index in [4.69, 9.17) is 11.6 Å². The summed E-state index contributed by atoms with van der Waals surface area (Å²) in [5, 5.41) is 4.31. The van der Waals surface area contributed by atoms with Gasteiger partial charge in [0.25, 0.3) is 0 Å². The van der Waals surface area contributed by atoms with Gasteiger partial charge in [0.05, 0.1) is 0 Å². The average Bonchev–Trinajstić information content (AvgIpc) is 2.42. The van der Waals surface area contributed by atoms with E-state index in [2.05, 4.69) is 52.4 Å². The SMILES string of the molecule is CCC(Cc1ccccc1)Nc1ccc(Cl)cc1Br. The number of hydrogen-bond acceptors (Lipinski definition) is 1. The minimum atomic E-state index is 0.417. The lowest BCUT2D eigenvalue weighted by Crippen LogP contribution is -2.21. The predicted octanol–water partition coefficient (Wildman–Crippen LogP) is 5.54. The Kier molecular flexibility index (Phi) is 5.29. The summed E-state index contributed by atoms with van der Waals surface area (Å²) in [7, 11) is 0. The van der Waals surface area contributed by atoms with Gasteiger partial charge in [0.1, 0.15) is 0 Å². The predicted molar refractivity (Wildman–Crippen MR) is 87.0 cm³/mol. The highest BCUT2D eigenvalue weighted by Gasteiger charge is 2.09. The summed E-state index contributed by atoms with van der Waals surface area (Å²) in [4.78, 5) is 0. The summed E-state index contributed by atoms with van der Waals surface area (Å²) in [5.74, 6) is 0. The minimum Gasteiger partial charge on any atom is -0.381 e. The molecule has 1 N–H and O–H groups in total. The highest BCUT2D eigenvalue weighted by atomic mass is 79.9. The van der Waals surface area contributed by atoms with Gasteiger partial charge >= 0.3 is 0 Å². The van der Waals surface area contributed by atoms with Crippen LogP contribution in [0.1, 0.15) is 18.9 Å². The Morgan fingerprint density at radius 3 is 2.53 bits per heavy atom. The van der Waals surface area contributed by atoms with Crippen LogP contribution in [0.5, 0.6) is 0 Å². The third-order valence-electron chi connectivity index (χ3n) is 3.11. The first-order valence-corrected chi connectivity index (χ1v) is 7.61. The molecule has 0 saturated heterocycles. The molecular formula is C16H17BrClN. The van der Waals surface area contributed by atoms with Crippen molar-refractivity contribution in [2.24, 2.45) is 0 Å². The van der Waals surface area contributed by atoms with Crippen LogP contribution in [0, 0.1) is 0 Å². The molecule has 0 amide bonds. The van der Waals surface area contributed by atoms with Crippen LogP contribution < -0.4 is 5.32 Å². The Morgan fingerprint density at radius 2 is 1.89 bits per heavy atom. The van der Waals surface area contributed by atoms with Crippen LogP contribution in [0.4, 0.5) is 5.69 Å². The lowest BCUT2D eigenvalue weighted by molar-refractivity contribution is 0.690. The van der Waals surface area contributed by atoms with E-state index in [1.165, 1.54) is 5.56 Å². The molecule has 0 spiro atoms. The zero-order valence-electron chi connectivity index (χ0n) is 10.9. The first-order valence-electron chi connectivity index (χ1n) is 6.44. The first kappa shape index (κ1) is 14.4. The molecule has 100 valence electrons. The quantitative estimate of drug-likeness (QED) is 0.755. The molecule has 1 nitrogen and oxygen atoms in total. The van der Waals surface area contributed by atoms with E-state index in [1.54, 1.807) is 0 Å². The van der Waals surface area contributed by atoms with Crippen LogP contribution >= 0.6 is 27.5 Å². The van der Waals surface area contributed by atoms with Crippen molar-refractivity contribution in [3.05, 3.63) is 63.6 Å². The number of rotatable bonds is 5. The summed E-state index contributed by atoms with van der Waals surface area (Å²) in [6.07, 6.45) is 2.09. The fourth-order valence-electron chi connectivity index (χ4n) is 2.02. The summed E-state index contributed by atoms with van der Waals surface area (Å²) >= 11 is 9.50. The van der Waals surface area contributed by atoms with Crippen molar-refractivity contribution >= 4 is 33.2 Å². The van der Waals surface area contributed by atoms with Crippen LogP contribution in [-0.4, -0.2) is 6.04 Å². The number of benzene rings is 2. The Bertz CT molecular complexity index is 528. The molecule has 0 aromatic heterocycles. The van der Waals surface area contributed by atoms with Gasteiger partial charge in [-0.05, 0) is 52.5 Å². The van der Waals surface area contributed by atoms with Crippen LogP contribution in [0.15, 0.2) is 53.0 Å². The first-order chi connectivity index (χ1) is 9.19. The van der Waals surface area contributed by atoms with E-state index in [0.717, 1.165) is 28.0 Å². The molecule has 0 heterocycles. The maximum absolute atomic E-state index is 5.96. The molecule has 2 aromatic rings. The molecule has 0 aliphatic heterocycles. The van der Waals surface area contributed by atoms with Crippen molar-refractivity contribution < 1.29 is 0 Å². The molecule has 0 saturated carbocycles. The lowest BCUT2D eigenvalue weighted by atomic mass is 10.0. The van der Waals surface area contributed by atoms with Crippen molar-refractivity contribution in [1.82, 2.24) is 0 Å². The van der Waals surface area contributed by atoms with Gasteiger partial charge in [0.2, 0.25) is 0 Å². The van der Waals surface area contributed by atoms with Crippen molar-refractivity contribution in [2.45, 2.75) is 25.8 Å². The molecule has 3 heteroatoms. The molecule has 1 unspecified atom stereocenters.